The molecule has 122 valence electrons. The Morgan fingerprint density at radius 3 is 2.74 bits per heavy atom. The van der Waals surface area contributed by atoms with Gasteiger partial charge < -0.3 is 26.7 Å². The predicted octanol–water partition coefficient (Wildman–Crippen LogP) is 1.65. The molecule has 2 aliphatic rings. The molecular formula is C16H20FN5O. The molecule has 0 unspecified atom stereocenters. The average Bonchev–Trinajstić information content (AvgIpc) is 2.86. The number of piperidine rings is 1. The summed E-state index contributed by atoms with van der Waals surface area (Å²) in [5.74, 6) is -0.211. The van der Waals surface area contributed by atoms with Crippen LogP contribution in [0.15, 0.2) is 23.5 Å². The number of allylic oxidation sites excluding steroid dienone is 1. The Bertz CT molecular complexity index is 694. The van der Waals surface area contributed by atoms with Gasteiger partial charge in [-0.1, -0.05) is 0 Å². The van der Waals surface area contributed by atoms with Crippen LogP contribution in [0.5, 0.6) is 0 Å². The molecule has 0 aliphatic carbocycles. The maximum Gasteiger partial charge on any atom is 0.250 e. The average molecular weight is 317 g/mol. The maximum atomic E-state index is 13.8. The van der Waals surface area contributed by atoms with E-state index in [1.807, 2.05) is 0 Å². The molecule has 2 heterocycles. The van der Waals surface area contributed by atoms with Crippen LogP contribution < -0.4 is 21.3 Å². The second kappa shape index (κ2) is 6.00. The van der Waals surface area contributed by atoms with Gasteiger partial charge in [-0.25, -0.2) is 4.39 Å². The first-order valence-corrected chi connectivity index (χ1v) is 7.62. The van der Waals surface area contributed by atoms with Gasteiger partial charge in [0, 0.05) is 18.8 Å². The molecule has 23 heavy (non-hydrogen) atoms. The lowest BCUT2D eigenvalue weighted by molar-refractivity contribution is 0.100. The highest BCUT2D eigenvalue weighted by Gasteiger charge is 2.30. The van der Waals surface area contributed by atoms with Crippen molar-refractivity contribution >= 4 is 23.5 Å². The van der Waals surface area contributed by atoms with Gasteiger partial charge in [0.1, 0.15) is 11.6 Å². The van der Waals surface area contributed by atoms with E-state index in [1.165, 1.54) is 12.3 Å². The summed E-state index contributed by atoms with van der Waals surface area (Å²) in [5, 5.41) is 14.3. The number of primary amides is 1. The first-order valence-electron chi connectivity index (χ1n) is 7.62. The van der Waals surface area contributed by atoms with E-state index in [4.69, 9.17) is 11.1 Å². The van der Waals surface area contributed by atoms with E-state index in [-0.39, 0.29) is 11.5 Å². The SMILES string of the molecule is CN1/C(=C(/C=N)C2CCNCC2)Nc2c(C(N)=O)cc(F)cc21. The fraction of sp³-hybridized carbons (Fsp3) is 0.375. The normalized spacial score (nSPS) is 20.0. The summed E-state index contributed by atoms with van der Waals surface area (Å²) < 4.78 is 13.8. The summed E-state index contributed by atoms with van der Waals surface area (Å²) in [5.41, 5.74) is 7.41. The standard InChI is InChI=1S/C16H20FN5O/c1-22-13-7-10(17)6-11(15(19)23)14(13)21-16(22)12(8-18)9-2-4-20-5-3-9/h6-9,18,20-21H,2-5H2,1H3,(H2,19,23)/b16-12-,18-8?. The number of anilines is 2. The fourth-order valence-electron chi connectivity index (χ4n) is 3.28. The van der Waals surface area contributed by atoms with Gasteiger partial charge in [-0.05, 0) is 44.0 Å². The van der Waals surface area contributed by atoms with E-state index in [1.54, 1.807) is 11.9 Å². The number of carbonyl (C=O) groups is 1. The predicted molar refractivity (Wildman–Crippen MR) is 88.3 cm³/mol. The molecule has 7 heteroatoms. The van der Waals surface area contributed by atoms with Crippen LogP contribution in [0, 0.1) is 17.1 Å². The number of nitrogens with zero attached hydrogens (tertiary/aromatic N) is 1. The van der Waals surface area contributed by atoms with Gasteiger partial charge in [0.25, 0.3) is 5.91 Å². The molecule has 1 aromatic carbocycles. The van der Waals surface area contributed by atoms with Crippen LogP contribution in [0.2, 0.25) is 0 Å². The number of hydrogen-bond acceptors (Lipinski definition) is 5. The van der Waals surface area contributed by atoms with Crippen LogP contribution in [0.3, 0.4) is 0 Å². The first-order chi connectivity index (χ1) is 11.0. The molecule has 0 saturated carbocycles. The lowest BCUT2D eigenvalue weighted by Gasteiger charge is -2.26. The minimum absolute atomic E-state index is 0.122. The van der Waals surface area contributed by atoms with Crippen LogP contribution in [0.25, 0.3) is 0 Å². The van der Waals surface area contributed by atoms with E-state index in [0.29, 0.717) is 11.4 Å². The Morgan fingerprint density at radius 2 is 2.13 bits per heavy atom. The largest absolute Gasteiger partial charge is 0.366 e. The maximum absolute atomic E-state index is 13.8. The zero-order chi connectivity index (χ0) is 16.6. The zero-order valence-electron chi connectivity index (χ0n) is 12.9. The third kappa shape index (κ3) is 2.68. The summed E-state index contributed by atoms with van der Waals surface area (Å²) in [7, 11) is 1.79. The minimum atomic E-state index is -0.679. The zero-order valence-corrected chi connectivity index (χ0v) is 12.9. The summed E-state index contributed by atoms with van der Waals surface area (Å²) in [6, 6.07) is 2.51. The van der Waals surface area contributed by atoms with Crippen LogP contribution in [0.4, 0.5) is 15.8 Å². The second-order valence-electron chi connectivity index (χ2n) is 5.87. The van der Waals surface area contributed by atoms with E-state index in [9.17, 15) is 9.18 Å². The van der Waals surface area contributed by atoms with Crippen LogP contribution in [-0.2, 0) is 0 Å². The van der Waals surface area contributed by atoms with Gasteiger partial charge in [0.05, 0.1) is 16.9 Å². The topological polar surface area (TPSA) is 94.2 Å². The first kappa shape index (κ1) is 15.5. The number of nitrogens with two attached hydrogens (primary N) is 1. The Labute approximate surface area is 134 Å². The van der Waals surface area contributed by atoms with Gasteiger partial charge in [-0.2, -0.15) is 0 Å². The lowest BCUT2D eigenvalue weighted by atomic mass is 9.90. The highest BCUT2D eigenvalue weighted by molar-refractivity contribution is 6.04. The monoisotopic (exact) mass is 317 g/mol. The van der Waals surface area contributed by atoms with E-state index >= 15 is 0 Å². The molecule has 0 spiro atoms. The number of benzene rings is 1. The summed E-state index contributed by atoms with van der Waals surface area (Å²) in [6.45, 7) is 1.82. The number of fused-ring (bicyclic) bond motifs is 1. The lowest BCUT2D eigenvalue weighted by Crippen LogP contribution is -2.31. The molecule has 2 aliphatic heterocycles. The van der Waals surface area contributed by atoms with Crippen LogP contribution in [0.1, 0.15) is 23.2 Å². The molecule has 1 saturated heterocycles. The number of nitrogens with one attached hydrogen (secondary N) is 3. The van der Waals surface area contributed by atoms with Gasteiger partial charge >= 0.3 is 0 Å². The van der Waals surface area contributed by atoms with Crippen molar-refractivity contribution in [3.63, 3.8) is 0 Å². The van der Waals surface area contributed by atoms with Crippen molar-refractivity contribution < 1.29 is 9.18 Å². The third-order valence-corrected chi connectivity index (χ3v) is 4.50. The highest BCUT2D eigenvalue weighted by atomic mass is 19.1. The Kier molecular flexibility index (Phi) is 4.04. The quantitative estimate of drug-likeness (QED) is 0.638. The summed E-state index contributed by atoms with van der Waals surface area (Å²) in [6.07, 6.45) is 3.23. The van der Waals surface area contributed by atoms with E-state index in [2.05, 4.69) is 10.6 Å². The molecule has 3 rings (SSSR count). The molecule has 0 atom stereocenters. The molecule has 1 amide bonds. The molecule has 0 radical (unpaired) electrons. The molecular weight excluding hydrogens is 297 g/mol. The van der Waals surface area contributed by atoms with Crippen molar-refractivity contribution in [3.8, 4) is 0 Å². The second-order valence-corrected chi connectivity index (χ2v) is 5.87. The molecule has 1 aromatic rings. The molecule has 0 bridgehead atoms. The van der Waals surface area contributed by atoms with E-state index < -0.39 is 11.7 Å². The minimum Gasteiger partial charge on any atom is -0.366 e. The van der Waals surface area contributed by atoms with Crippen LogP contribution >= 0.6 is 0 Å². The number of halogens is 1. The van der Waals surface area contributed by atoms with E-state index in [0.717, 1.165) is 43.4 Å². The number of rotatable bonds is 3. The van der Waals surface area contributed by atoms with Crippen molar-refractivity contribution in [2.45, 2.75) is 12.8 Å². The Balaban J connectivity index is 2.06. The van der Waals surface area contributed by atoms with Gasteiger partial charge in [-0.15, -0.1) is 0 Å². The Morgan fingerprint density at radius 1 is 1.43 bits per heavy atom. The smallest absolute Gasteiger partial charge is 0.250 e. The number of hydrogen-bond donors (Lipinski definition) is 4. The summed E-state index contributed by atoms with van der Waals surface area (Å²) in [4.78, 5) is 13.4. The number of amides is 1. The summed E-state index contributed by atoms with van der Waals surface area (Å²) >= 11 is 0. The van der Waals surface area contributed by atoms with Crippen molar-refractivity contribution in [1.82, 2.24) is 5.32 Å². The van der Waals surface area contributed by atoms with Crippen LogP contribution in [-0.4, -0.2) is 32.3 Å². The van der Waals surface area contributed by atoms with Gasteiger partial charge in [-0.3, -0.25) is 4.79 Å². The molecule has 6 nitrogen and oxygen atoms in total. The highest BCUT2D eigenvalue weighted by Crippen LogP contribution is 2.41. The Hall–Kier alpha value is -2.41. The van der Waals surface area contributed by atoms with Crippen molar-refractivity contribution in [2.75, 3.05) is 30.4 Å². The fourth-order valence-corrected chi connectivity index (χ4v) is 3.28. The third-order valence-electron chi connectivity index (χ3n) is 4.50. The van der Waals surface area contributed by atoms with Crippen molar-refractivity contribution in [3.05, 3.63) is 34.9 Å². The van der Waals surface area contributed by atoms with Gasteiger partial charge in [0.15, 0.2) is 0 Å². The molecule has 1 fully saturated rings. The van der Waals surface area contributed by atoms with Crippen molar-refractivity contribution in [1.29, 1.82) is 5.41 Å². The number of carbonyl (C=O) groups excluding carboxylic acids is 1. The van der Waals surface area contributed by atoms with Crippen molar-refractivity contribution in [2.24, 2.45) is 11.7 Å². The molecule has 0 aromatic heterocycles. The molecule has 5 N–H and O–H groups in total. The van der Waals surface area contributed by atoms with Gasteiger partial charge in [0.2, 0.25) is 0 Å².